The molecular formula is C13H24N2O2. The molecule has 0 rings (SSSR count). The standard InChI is InChI=1S/C13H24N2O2/c1-6-8-14-9-11-15(10-7-2)12(16)17-13(3,4)5/h6-7,14H,1-2,8-11H2,3-5H3. The number of nitrogens with one attached hydrogen (secondary N) is 1. The van der Waals surface area contributed by atoms with E-state index in [1.165, 1.54) is 0 Å². The van der Waals surface area contributed by atoms with E-state index >= 15 is 0 Å². The Labute approximate surface area is 104 Å². The van der Waals surface area contributed by atoms with Crippen LogP contribution in [0.2, 0.25) is 0 Å². The molecule has 0 saturated heterocycles. The van der Waals surface area contributed by atoms with Gasteiger partial charge in [0.05, 0.1) is 0 Å². The third-order valence-corrected chi connectivity index (χ3v) is 1.85. The molecule has 0 aliphatic rings. The van der Waals surface area contributed by atoms with Crippen LogP contribution in [0.25, 0.3) is 0 Å². The van der Waals surface area contributed by atoms with E-state index in [9.17, 15) is 4.79 Å². The molecular weight excluding hydrogens is 216 g/mol. The van der Waals surface area contributed by atoms with Crippen LogP contribution in [-0.2, 0) is 4.74 Å². The first-order valence-electron chi connectivity index (χ1n) is 5.81. The molecule has 0 radical (unpaired) electrons. The van der Waals surface area contributed by atoms with Crippen molar-refractivity contribution in [2.45, 2.75) is 26.4 Å². The quantitative estimate of drug-likeness (QED) is 0.548. The molecule has 0 aromatic rings. The Balaban J connectivity index is 4.16. The molecule has 0 aliphatic carbocycles. The van der Waals surface area contributed by atoms with Crippen molar-refractivity contribution in [3.8, 4) is 0 Å². The Kier molecular flexibility index (Phi) is 7.30. The third-order valence-electron chi connectivity index (χ3n) is 1.85. The highest BCUT2D eigenvalue weighted by molar-refractivity contribution is 5.68. The molecule has 4 nitrogen and oxygen atoms in total. The van der Waals surface area contributed by atoms with E-state index in [1.54, 1.807) is 17.1 Å². The van der Waals surface area contributed by atoms with Crippen molar-refractivity contribution in [1.82, 2.24) is 10.2 Å². The van der Waals surface area contributed by atoms with Crippen LogP contribution in [0.1, 0.15) is 20.8 Å². The van der Waals surface area contributed by atoms with Gasteiger partial charge in [-0.3, -0.25) is 0 Å². The second kappa shape index (κ2) is 7.90. The maximum Gasteiger partial charge on any atom is 0.410 e. The first-order valence-corrected chi connectivity index (χ1v) is 5.81. The molecule has 4 heteroatoms. The van der Waals surface area contributed by atoms with Crippen LogP contribution in [-0.4, -0.2) is 42.8 Å². The van der Waals surface area contributed by atoms with Crippen LogP contribution < -0.4 is 5.32 Å². The number of hydrogen-bond acceptors (Lipinski definition) is 3. The van der Waals surface area contributed by atoms with Crippen molar-refractivity contribution < 1.29 is 9.53 Å². The fourth-order valence-corrected chi connectivity index (χ4v) is 1.16. The fourth-order valence-electron chi connectivity index (χ4n) is 1.16. The molecule has 0 aromatic carbocycles. The summed E-state index contributed by atoms with van der Waals surface area (Å²) in [6.45, 7) is 15.3. The Morgan fingerprint density at radius 1 is 1.35 bits per heavy atom. The highest BCUT2D eigenvalue weighted by Gasteiger charge is 2.20. The fraction of sp³-hybridized carbons (Fsp3) is 0.615. The van der Waals surface area contributed by atoms with Crippen LogP contribution in [0.3, 0.4) is 0 Å². The number of hydrogen-bond donors (Lipinski definition) is 1. The van der Waals surface area contributed by atoms with Crippen molar-refractivity contribution in [2.75, 3.05) is 26.2 Å². The highest BCUT2D eigenvalue weighted by Crippen LogP contribution is 2.09. The van der Waals surface area contributed by atoms with Gasteiger partial charge < -0.3 is 15.0 Å². The molecule has 0 heterocycles. The normalized spacial score (nSPS) is 10.8. The molecule has 0 unspecified atom stereocenters. The summed E-state index contributed by atoms with van der Waals surface area (Å²) in [7, 11) is 0. The van der Waals surface area contributed by atoms with Gasteiger partial charge in [-0.05, 0) is 20.8 Å². The zero-order valence-electron chi connectivity index (χ0n) is 11.2. The molecule has 0 aliphatic heterocycles. The van der Waals surface area contributed by atoms with E-state index in [0.717, 1.165) is 6.54 Å². The summed E-state index contributed by atoms with van der Waals surface area (Å²) in [5.74, 6) is 0. The average Bonchev–Trinajstić information content (AvgIpc) is 2.20. The summed E-state index contributed by atoms with van der Waals surface area (Å²) in [5, 5.41) is 3.14. The zero-order chi connectivity index (χ0) is 13.3. The zero-order valence-corrected chi connectivity index (χ0v) is 11.2. The number of nitrogens with zero attached hydrogens (tertiary/aromatic N) is 1. The lowest BCUT2D eigenvalue weighted by molar-refractivity contribution is 0.0274. The molecule has 0 spiro atoms. The third kappa shape index (κ3) is 8.51. The van der Waals surface area contributed by atoms with E-state index in [2.05, 4.69) is 18.5 Å². The molecule has 0 saturated carbocycles. The minimum atomic E-state index is -0.467. The van der Waals surface area contributed by atoms with E-state index in [-0.39, 0.29) is 6.09 Å². The molecule has 0 bridgehead atoms. The first-order chi connectivity index (χ1) is 7.90. The van der Waals surface area contributed by atoms with Crippen LogP contribution in [0, 0.1) is 0 Å². The number of carbonyl (C=O) groups is 1. The van der Waals surface area contributed by atoms with Gasteiger partial charge in [0, 0.05) is 26.2 Å². The van der Waals surface area contributed by atoms with Crippen molar-refractivity contribution in [1.29, 1.82) is 0 Å². The summed E-state index contributed by atoms with van der Waals surface area (Å²) >= 11 is 0. The molecule has 0 fully saturated rings. The van der Waals surface area contributed by atoms with E-state index in [4.69, 9.17) is 4.74 Å². The topological polar surface area (TPSA) is 41.6 Å². The van der Waals surface area contributed by atoms with Gasteiger partial charge in [0.2, 0.25) is 0 Å². The lowest BCUT2D eigenvalue weighted by atomic mass is 10.2. The van der Waals surface area contributed by atoms with Crippen LogP contribution >= 0.6 is 0 Å². The van der Waals surface area contributed by atoms with Crippen molar-refractivity contribution in [3.63, 3.8) is 0 Å². The predicted octanol–water partition coefficient (Wildman–Crippen LogP) is 2.19. The van der Waals surface area contributed by atoms with E-state index < -0.39 is 5.60 Å². The van der Waals surface area contributed by atoms with Gasteiger partial charge in [-0.15, -0.1) is 13.2 Å². The van der Waals surface area contributed by atoms with Crippen molar-refractivity contribution >= 4 is 6.09 Å². The summed E-state index contributed by atoms with van der Waals surface area (Å²) in [4.78, 5) is 13.4. The SMILES string of the molecule is C=CCNCCN(CC=C)C(=O)OC(C)(C)C. The number of amides is 1. The van der Waals surface area contributed by atoms with Crippen LogP contribution in [0.4, 0.5) is 4.79 Å². The minimum absolute atomic E-state index is 0.308. The Morgan fingerprint density at radius 3 is 2.47 bits per heavy atom. The van der Waals surface area contributed by atoms with Gasteiger partial charge in [-0.25, -0.2) is 4.79 Å². The Morgan fingerprint density at radius 2 is 2.00 bits per heavy atom. The monoisotopic (exact) mass is 240 g/mol. The Bertz CT molecular complexity index is 257. The molecule has 17 heavy (non-hydrogen) atoms. The highest BCUT2D eigenvalue weighted by atomic mass is 16.6. The van der Waals surface area contributed by atoms with Gasteiger partial charge in [0.25, 0.3) is 0 Å². The summed E-state index contributed by atoms with van der Waals surface area (Å²) in [6.07, 6.45) is 3.17. The minimum Gasteiger partial charge on any atom is -0.444 e. The van der Waals surface area contributed by atoms with Crippen LogP contribution in [0.5, 0.6) is 0 Å². The van der Waals surface area contributed by atoms with Gasteiger partial charge in [0.15, 0.2) is 0 Å². The summed E-state index contributed by atoms with van der Waals surface area (Å²) in [6, 6.07) is 0. The van der Waals surface area contributed by atoms with Gasteiger partial charge in [-0.2, -0.15) is 0 Å². The predicted molar refractivity (Wildman–Crippen MR) is 71.1 cm³/mol. The maximum atomic E-state index is 11.8. The lowest BCUT2D eigenvalue weighted by Gasteiger charge is -2.26. The summed E-state index contributed by atoms with van der Waals surface area (Å²) < 4.78 is 5.30. The molecule has 0 atom stereocenters. The Hall–Kier alpha value is -1.29. The van der Waals surface area contributed by atoms with Gasteiger partial charge in [-0.1, -0.05) is 12.2 Å². The van der Waals surface area contributed by atoms with Gasteiger partial charge >= 0.3 is 6.09 Å². The number of ether oxygens (including phenoxy) is 1. The maximum absolute atomic E-state index is 11.8. The second-order valence-corrected chi connectivity index (χ2v) is 4.71. The van der Waals surface area contributed by atoms with Crippen LogP contribution in [0.15, 0.2) is 25.3 Å². The molecule has 1 N–H and O–H groups in total. The molecule has 1 amide bonds. The van der Waals surface area contributed by atoms with Crippen molar-refractivity contribution in [2.24, 2.45) is 0 Å². The van der Waals surface area contributed by atoms with E-state index in [0.29, 0.717) is 19.6 Å². The molecule has 0 aromatic heterocycles. The van der Waals surface area contributed by atoms with Gasteiger partial charge in [0.1, 0.15) is 5.60 Å². The lowest BCUT2D eigenvalue weighted by Crippen LogP contribution is -2.40. The smallest absolute Gasteiger partial charge is 0.410 e. The first kappa shape index (κ1) is 15.7. The number of carbonyl (C=O) groups excluding carboxylic acids is 1. The van der Waals surface area contributed by atoms with Crippen molar-refractivity contribution in [3.05, 3.63) is 25.3 Å². The summed E-state index contributed by atoms with van der Waals surface area (Å²) in [5.41, 5.74) is -0.467. The molecule has 98 valence electrons. The largest absolute Gasteiger partial charge is 0.444 e. The number of rotatable bonds is 7. The van der Waals surface area contributed by atoms with E-state index in [1.807, 2.05) is 20.8 Å². The second-order valence-electron chi connectivity index (χ2n) is 4.71. The average molecular weight is 240 g/mol.